The molecule has 2 rings (SSSR count). The zero-order chi connectivity index (χ0) is 10.3. The van der Waals surface area contributed by atoms with E-state index in [1.54, 1.807) is 6.26 Å². The normalized spacial score (nSPS) is 16.9. The number of halogens is 2. The SMILES string of the molecule is CS(=O)C1=Nc2c(sc(Cl)c2Cl)SN1. The quantitative estimate of drug-likeness (QED) is 0.746. The molecule has 14 heavy (non-hydrogen) atoms. The van der Waals surface area contributed by atoms with Crippen LogP contribution in [-0.2, 0) is 10.8 Å². The van der Waals surface area contributed by atoms with Crippen LogP contribution < -0.4 is 4.72 Å². The third-order valence-corrected chi connectivity index (χ3v) is 5.27. The first kappa shape index (κ1) is 10.8. The van der Waals surface area contributed by atoms with Crippen LogP contribution in [0.4, 0.5) is 5.69 Å². The predicted molar refractivity (Wildman–Crippen MR) is 64.5 cm³/mol. The Bertz CT molecular complexity index is 443. The highest BCUT2D eigenvalue weighted by Crippen LogP contribution is 2.48. The van der Waals surface area contributed by atoms with Gasteiger partial charge in [0, 0.05) is 6.26 Å². The number of nitrogens with one attached hydrogen (secondary N) is 1. The monoisotopic (exact) mass is 286 g/mol. The lowest BCUT2D eigenvalue weighted by atomic mass is 10.5. The lowest BCUT2D eigenvalue weighted by Gasteiger charge is -2.10. The molecule has 1 aliphatic rings. The first-order valence-corrected chi connectivity index (χ1v) is 7.37. The molecule has 0 bridgehead atoms. The third kappa shape index (κ3) is 1.81. The average molecular weight is 287 g/mol. The fourth-order valence-corrected chi connectivity index (χ4v) is 4.10. The summed E-state index contributed by atoms with van der Waals surface area (Å²) < 4.78 is 15.4. The topological polar surface area (TPSA) is 41.5 Å². The van der Waals surface area contributed by atoms with Gasteiger partial charge in [-0.25, -0.2) is 4.99 Å². The summed E-state index contributed by atoms with van der Waals surface area (Å²) >= 11 is 14.5. The molecule has 1 unspecified atom stereocenters. The number of fused-ring (bicyclic) bond motifs is 1. The zero-order valence-electron chi connectivity index (χ0n) is 6.84. The van der Waals surface area contributed by atoms with Gasteiger partial charge in [0.1, 0.15) is 14.2 Å². The molecule has 0 aliphatic carbocycles. The number of nitrogens with zero attached hydrogens (tertiary/aromatic N) is 1. The fourth-order valence-electron chi connectivity index (χ4n) is 0.858. The van der Waals surface area contributed by atoms with E-state index in [0.29, 0.717) is 20.2 Å². The summed E-state index contributed by atoms with van der Waals surface area (Å²) in [6.07, 6.45) is 1.55. The highest BCUT2D eigenvalue weighted by atomic mass is 35.5. The van der Waals surface area contributed by atoms with Crippen molar-refractivity contribution in [3.63, 3.8) is 0 Å². The Morgan fingerprint density at radius 1 is 1.50 bits per heavy atom. The van der Waals surface area contributed by atoms with Crippen LogP contribution in [0.3, 0.4) is 0 Å². The Balaban J connectivity index is 2.52. The van der Waals surface area contributed by atoms with Crippen molar-refractivity contribution in [3.8, 4) is 0 Å². The van der Waals surface area contributed by atoms with Crippen molar-refractivity contribution in [1.82, 2.24) is 4.72 Å². The van der Waals surface area contributed by atoms with E-state index >= 15 is 0 Å². The molecule has 0 amide bonds. The highest BCUT2D eigenvalue weighted by molar-refractivity contribution is 8.05. The molecule has 2 heterocycles. The number of hydrogen-bond acceptors (Lipinski definition) is 5. The number of amidine groups is 1. The second kappa shape index (κ2) is 4.02. The molecule has 0 spiro atoms. The van der Waals surface area contributed by atoms with E-state index in [1.807, 2.05) is 0 Å². The van der Waals surface area contributed by atoms with Gasteiger partial charge in [0.25, 0.3) is 0 Å². The summed E-state index contributed by atoms with van der Waals surface area (Å²) in [6, 6.07) is 0. The highest BCUT2D eigenvalue weighted by Gasteiger charge is 2.22. The Labute approximate surface area is 101 Å². The minimum atomic E-state index is -1.14. The molecule has 0 radical (unpaired) electrons. The second-order valence-corrected chi connectivity index (χ2v) is 6.77. The van der Waals surface area contributed by atoms with Crippen molar-refractivity contribution in [2.75, 3.05) is 6.26 Å². The molecule has 0 saturated heterocycles. The first-order valence-electron chi connectivity index (χ1n) is 3.42. The molecule has 1 N–H and O–H groups in total. The van der Waals surface area contributed by atoms with Crippen LogP contribution in [0.1, 0.15) is 0 Å². The predicted octanol–water partition coefficient (Wildman–Crippen LogP) is 3.03. The summed E-state index contributed by atoms with van der Waals surface area (Å²) in [5.41, 5.74) is 0.621. The van der Waals surface area contributed by atoms with Crippen LogP contribution in [0, 0.1) is 0 Å². The van der Waals surface area contributed by atoms with E-state index in [1.165, 1.54) is 23.3 Å². The van der Waals surface area contributed by atoms with E-state index in [2.05, 4.69) is 9.71 Å². The van der Waals surface area contributed by atoms with Gasteiger partial charge in [0.05, 0.1) is 15.8 Å². The van der Waals surface area contributed by atoms with Gasteiger partial charge in [-0.3, -0.25) is 4.21 Å². The lowest BCUT2D eigenvalue weighted by molar-refractivity contribution is 0.692. The Kier molecular flexibility index (Phi) is 3.09. The Morgan fingerprint density at radius 3 is 2.86 bits per heavy atom. The molecular formula is C6H4Cl2N2OS3. The Morgan fingerprint density at radius 2 is 2.21 bits per heavy atom. The standard InChI is InChI=1S/C6H4Cl2N2OS3/c1-14(11)6-9-3-2(7)4(8)12-5(3)13-10-6/h1H3,(H,9,10). The van der Waals surface area contributed by atoms with Gasteiger partial charge in [-0.05, 0) is 11.9 Å². The lowest BCUT2D eigenvalue weighted by Crippen LogP contribution is -2.22. The number of rotatable bonds is 0. The minimum Gasteiger partial charge on any atom is -0.302 e. The number of thiophene rings is 1. The summed E-state index contributed by atoms with van der Waals surface area (Å²) in [7, 11) is -1.14. The fraction of sp³-hybridized carbons (Fsp3) is 0.167. The van der Waals surface area contributed by atoms with Gasteiger partial charge in [-0.2, -0.15) is 0 Å². The van der Waals surface area contributed by atoms with Crippen LogP contribution in [0.5, 0.6) is 0 Å². The molecule has 0 fully saturated rings. The van der Waals surface area contributed by atoms with E-state index in [-0.39, 0.29) is 0 Å². The van der Waals surface area contributed by atoms with Gasteiger partial charge in [-0.1, -0.05) is 23.2 Å². The van der Waals surface area contributed by atoms with Gasteiger partial charge in [-0.15, -0.1) is 11.3 Å². The van der Waals surface area contributed by atoms with Crippen molar-refractivity contribution >= 4 is 68.1 Å². The maximum absolute atomic E-state index is 11.2. The van der Waals surface area contributed by atoms with Crippen LogP contribution in [0.25, 0.3) is 0 Å². The second-order valence-electron chi connectivity index (χ2n) is 2.40. The van der Waals surface area contributed by atoms with E-state index in [0.717, 1.165) is 4.21 Å². The molecule has 1 aliphatic heterocycles. The zero-order valence-corrected chi connectivity index (χ0v) is 10.8. The molecule has 76 valence electrons. The van der Waals surface area contributed by atoms with E-state index in [9.17, 15) is 4.21 Å². The molecular weight excluding hydrogens is 283 g/mol. The van der Waals surface area contributed by atoms with Crippen molar-refractivity contribution in [2.24, 2.45) is 4.99 Å². The van der Waals surface area contributed by atoms with Crippen molar-refractivity contribution in [3.05, 3.63) is 9.36 Å². The molecule has 1 atom stereocenters. The number of aliphatic imine (C=N–C) groups is 1. The van der Waals surface area contributed by atoms with Crippen molar-refractivity contribution in [1.29, 1.82) is 0 Å². The molecule has 8 heteroatoms. The van der Waals surface area contributed by atoms with Gasteiger partial charge < -0.3 is 4.72 Å². The van der Waals surface area contributed by atoms with Gasteiger partial charge in [0.15, 0.2) is 0 Å². The van der Waals surface area contributed by atoms with Crippen LogP contribution >= 0.6 is 46.5 Å². The smallest absolute Gasteiger partial charge is 0.202 e. The van der Waals surface area contributed by atoms with Crippen LogP contribution in [0.2, 0.25) is 9.36 Å². The molecule has 0 saturated carbocycles. The summed E-state index contributed by atoms with van der Waals surface area (Å²) in [4.78, 5) is 4.14. The number of hydrogen-bond donors (Lipinski definition) is 1. The summed E-state index contributed by atoms with van der Waals surface area (Å²) in [6.45, 7) is 0. The van der Waals surface area contributed by atoms with Crippen molar-refractivity contribution < 1.29 is 4.21 Å². The van der Waals surface area contributed by atoms with Crippen molar-refractivity contribution in [2.45, 2.75) is 4.21 Å². The average Bonchev–Trinajstić information content (AvgIpc) is 2.43. The van der Waals surface area contributed by atoms with E-state index in [4.69, 9.17) is 23.2 Å². The van der Waals surface area contributed by atoms with Crippen LogP contribution in [0.15, 0.2) is 9.20 Å². The molecule has 0 aromatic carbocycles. The van der Waals surface area contributed by atoms with E-state index < -0.39 is 10.8 Å². The maximum Gasteiger partial charge on any atom is 0.202 e. The Hall–Kier alpha value is 0.250. The molecule has 1 aromatic rings. The first-order chi connectivity index (χ1) is 6.59. The van der Waals surface area contributed by atoms with Gasteiger partial charge in [0.2, 0.25) is 5.17 Å². The third-order valence-electron chi connectivity index (χ3n) is 1.47. The molecule has 3 nitrogen and oxygen atoms in total. The summed E-state index contributed by atoms with van der Waals surface area (Å²) in [5.74, 6) is 0. The summed E-state index contributed by atoms with van der Waals surface area (Å²) in [5, 5.41) is 0.850. The molecule has 1 aromatic heterocycles. The minimum absolute atomic E-state index is 0.416. The largest absolute Gasteiger partial charge is 0.302 e. The maximum atomic E-state index is 11.2. The van der Waals surface area contributed by atoms with Gasteiger partial charge >= 0.3 is 0 Å². The van der Waals surface area contributed by atoms with Crippen LogP contribution in [-0.4, -0.2) is 15.6 Å².